The van der Waals surface area contributed by atoms with Crippen molar-refractivity contribution in [2.45, 2.75) is 65.0 Å². The van der Waals surface area contributed by atoms with Crippen LogP contribution < -0.4 is 10.2 Å². The molecule has 1 N–H and O–H groups in total. The molecule has 1 amide bonds. The Morgan fingerprint density at radius 1 is 1.39 bits per heavy atom. The zero-order chi connectivity index (χ0) is 16.9. The molecule has 0 saturated carbocycles. The second-order valence-corrected chi connectivity index (χ2v) is 7.08. The summed E-state index contributed by atoms with van der Waals surface area (Å²) in [4.78, 5) is 18.5. The molecule has 1 aliphatic heterocycles. The Bertz CT molecular complexity index is 502. The normalized spacial score (nSPS) is 18.5. The maximum Gasteiger partial charge on any atom is 0.416 e. The number of rotatable bonds is 4. The van der Waals surface area contributed by atoms with Crippen molar-refractivity contribution < 1.29 is 9.53 Å². The first-order chi connectivity index (χ1) is 10.9. The summed E-state index contributed by atoms with van der Waals surface area (Å²) in [6, 6.07) is 4.37. The summed E-state index contributed by atoms with van der Waals surface area (Å²) >= 11 is 0. The van der Waals surface area contributed by atoms with Crippen LogP contribution in [-0.2, 0) is 4.74 Å². The molecular formula is C18H29N3O2. The molecule has 2 heterocycles. The van der Waals surface area contributed by atoms with E-state index in [1.54, 1.807) is 4.90 Å². The molecule has 0 bridgehead atoms. The van der Waals surface area contributed by atoms with Crippen molar-refractivity contribution in [3.8, 4) is 0 Å². The molecule has 0 radical (unpaired) electrons. The zero-order valence-corrected chi connectivity index (χ0v) is 14.8. The Kier molecular flexibility index (Phi) is 5.99. The van der Waals surface area contributed by atoms with Gasteiger partial charge in [-0.05, 0) is 58.2 Å². The minimum atomic E-state index is -0.505. The molecule has 0 unspecified atom stereocenters. The first-order valence-electron chi connectivity index (χ1n) is 8.60. The average molecular weight is 319 g/mol. The number of pyridine rings is 1. The van der Waals surface area contributed by atoms with Crippen molar-refractivity contribution >= 4 is 11.9 Å². The maximum atomic E-state index is 12.4. The highest BCUT2D eigenvalue weighted by atomic mass is 16.6. The molecule has 128 valence electrons. The molecule has 1 atom stereocenters. The fourth-order valence-electron chi connectivity index (χ4n) is 2.74. The van der Waals surface area contributed by atoms with E-state index in [1.165, 1.54) is 18.4 Å². The van der Waals surface area contributed by atoms with Crippen molar-refractivity contribution in [2.75, 3.05) is 18.0 Å². The molecule has 1 saturated heterocycles. The number of ether oxygens (including phenoxy) is 1. The van der Waals surface area contributed by atoms with Gasteiger partial charge in [0.15, 0.2) is 0 Å². The number of carbonyl (C=O) groups excluding carboxylic acids is 1. The molecule has 1 fully saturated rings. The fraction of sp³-hybridized carbons (Fsp3) is 0.667. The summed E-state index contributed by atoms with van der Waals surface area (Å²) in [7, 11) is 0. The van der Waals surface area contributed by atoms with Crippen LogP contribution in [0.5, 0.6) is 0 Å². The van der Waals surface area contributed by atoms with Crippen LogP contribution in [0, 0.1) is 0 Å². The topological polar surface area (TPSA) is 54.5 Å². The highest BCUT2D eigenvalue weighted by Crippen LogP contribution is 2.24. The van der Waals surface area contributed by atoms with Crippen molar-refractivity contribution in [2.24, 2.45) is 0 Å². The number of piperidine rings is 1. The first-order valence-corrected chi connectivity index (χ1v) is 8.60. The lowest BCUT2D eigenvalue weighted by Crippen LogP contribution is -2.38. The van der Waals surface area contributed by atoms with E-state index in [1.807, 2.05) is 40.0 Å². The zero-order valence-electron chi connectivity index (χ0n) is 14.8. The smallest absolute Gasteiger partial charge is 0.416 e. The van der Waals surface area contributed by atoms with Gasteiger partial charge >= 0.3 is 6.09 Å². The number of carbonyl (C=O) groups is 1. The minimum absolute atomic E-state index is 0.338. The Balaban J connectivity index is 2.11. The highest BCUT2D eigenvalue weighted by molar-refractivity contribution is 5.86. The summed E-state index contributed by atoms with van der Waals surface area (Å²) in [5.74, 6) is 0.653. The van der Waals surface area contributed by atoms with Crippen LogP contribution in [0.25, 0.3) is 0 Å². The molecule has 5 heteroatoms. The van der Waals surface area contributed by atoms with E-state index >= 15 is 0 Å². The number of nitrogens with zero attached hydrogens (tertiary/aromatic N) is 2. The number of nitrogens with one attached hydrogen (secondary N) is 1. The van der Waals surface area contributed by atoms with Crippen LogP contribution in [-0.4, -0.2) is 29.8 Å². The van der Waals surface area contributed by atoms with E-state index in [0.717, 1.165) is 19.4 Å². The molecular weight excluding hydrogens is 290 g/mol. The molecule has 1 aliphatic rings. The third-order valence-corrected chi connectivity index (χ3v) is 3.82. The molecule has 2 rings (SSSR count). The molecule has 1 aromatic heterocycles. The van der Waals surface area contributed by atoms with Crippen LogP contribution in [0.2, 0.25) is 0 Å². The Hall–Kier alpha value is -1.62. The van der Waals surface area contributed by atoms with E-state index < -0.39 is 5.60 Å². The SMILES string of the molecule is CCCN(C(=O)OC(C)(C)C)c1ccc([C@@H]2CCCCN2)cn1. The summed E-state index contributed by atoms with van der Waals surface area (Å²) in [5.41, 5.74) is 0.684. The lowest BCUT2D eigenvalue weighted by molar-refractivity contribution is 0.0579. The fourth-order valence-corrected chi connectivity index (χ4v) is 2.74. The van der Waals surface area contributed by atoms with Crippen molar-refractivity contribution in [1.82, 2.24) is 10.3 Å². The predicted octanol–water partition coefficient (Wildman–Crippen LogP) is 4.05. The predicted molar refractivity (Wildman–Crippen MR) is 92.7 cm³/mol. The Morgan fingerprint density at radius 2 is 2.17 bits per heavy atom. The summed E-state index contributed by atoms with van der Waals surface area (Å²) in [6.07, 6.45) is 6.03. The van der Waals surface area contributed by atoms with E-state index in [9.17, 15) is 4.79 Å². The standard InChI is InChI=1S/C18H29N3O2/c1-5-12-21(17(22)23-18(2,3)4)16-10-9-14(13-20-16)15-8-6-7-11-19-15/h9-10,13,15,19H,5-8,11-12H2,1-4H3/t15-/m0/s1. The van der Waals surface area contributed by atoms with Crippen LogP contribution >= 0.6 is 0 Å². The van der Waals surface area contributed by atoms with Crippen LogP contribution in [0.1, 0.15) is 65.0 Å². The number of hydrogen-bond acceptors (Lipinski definition) is 4. The maximum absolute atomic E-state index is 12.4. The monoisotopic (exact) mass is 319 g/mol. The quantitative estimate of drug-likeness (QED) is 0.909. The van der Waals surface area contributed by atoms with Gasteiger partial charge in [0.25, 0.3) is 0 Å². The molecule has 5 nitrogen and oxygen atoms in total. The van der Waals surface area contributed by atoms with Gasteiger partial charge in [0, 0.05) is 18.8 Å². The van der Waals surface area contributed by atoms with Gasteiger partial charge in [-0.25, -0.2) is 9.78 Å². The van der Waals surface area contributed by atoms with Gasteiger partial charge in [-0.2, -0.15) is 0 Å². The summed E-state index contributed by atoms with van der Waals surface area (Å²) < 4.78 is 5.49. The minimum Gasteiger partial charge on any atom is -0.443 e. The van der Waals surface area contributed by atoms with Crippen molar-refractivity contribution in [3.05, 3.63) is 23.9 Å². The first kappa shape index (κ1) is 17.7. The van der Waals surface area contributed by atoms with Crippen LogP contribution in [0.4, 0.5) is 10.6 Å². The summed E-state index contributed by atoms with van der Waals surface area (Å²) in [5, 5.41) is 3.52. The lowest BCUT2D eigenvalue weighted by Gasteiger charge is -2.27. The number of hydrogen-bond donors (Lipinski definition) is 1. The Labute approximate surface area is 139 Å². The van der Waals surface area contributed by atoms with E-state index in [4.69, 9.17) is 4.74 Å². The van der Waals surface area contributed by atoms with Gasteiger partial charge in [-0.3, -0.25) is 4.90 Å². The summed E-state index contributed by atoms with van der Waals surface area (Å²) in [6.45, 7) is 9.33. The molecule has 0 aromatic carbocycles. The van der Waals surface area contributed by atoms with Crippen LogP contribution in [0.15, 0.2) is 18.3 Å². The van der Waals surface area contributed by atoms with Crippen molar-refractivity contribution in [1.29, 1.82) is 0 Å². The number of anilines is 1. The van der Waals surface area contributed by atoms with Gasteiger partial charge in [0.2, 0.25) is 0 Å². The average Bonchev–Trinajstić information content (AvgIpc) is 2.52. The number of aromatic nitrogens is 1. The van der Waals surface area contributed by atoms with Crippen molar-refractivity contribution in [3.63, 3.8) is 0 Å². The molecule has 1 aromatic rings. The van der Waals surface area contributed by atoms with E-state index in [0.29, 0.717) is 18.4 Å². The van der Waals surface area contributed by atoms with Gasteiger partial charge in [-0.1, -0.05) is 19.4 Å². The second-order valence-electron chi connectivity index (χ2n) is 7.08. The van der Waals surface area contributed by atoms with Gasteiger partial charge in [-0.15, -0.1) is 0 Å². The van der Waals surface area contributed by atoms with Gasteiger partial charge in [0.05, 0.1) is 0 Å². The van der Waals surface area contributed by atoms with Gasteiger partial charge in [0.1, 0.15) is 11.4 Å². The highest BCUT2D eigenvalue weighted by Gasteiger charge is 2.24. The van der Waals surface area contributed by atoms with Gasteiger partial charge < -0.3 is 10.1 Å². The Morgan fingerprint density at radius 3 is 2.70 bits per heavy atom. The van der Waals surface area contributed by atoms with Crippen LogP contribution in [0.3, 0.4) is 0 Å². The lowest BCUT2D eigenvalue weighted by atomic mass is 9.99. The number of amides is 1. The molecule has 0 aliphatic carbocycles. The molecule has 23 heavy (non-hydrogen) atoms. The third-order valence-electron chi connectivity index (χ3n) is 3.82. The largest absolute Gasteiger partial charge is 0.443 e. The third kappa shape index (κ3) is 5.20. The van der Waals surface area contributed by atoms with E-state index in [2.05, 4.69) is 16.4 Å². The molecule has 0 spiro atoms. The van der Waals surface area contributed by atoms with E-state index in [-0.39, 0.29) is 6.09 Å². The second kappa shape index (κ2) is 7.77.